The summed E-state index contributed by atoms with van der Waals surface area (Å²) in [7, 11) is 1.48. The number of hydrogen-bond donors (Lipinski definition) is 0. The SMILES string of the molecule is CCOC(=O)CCN(C)C(=O)C(=O)C=Cc1ccccc1. The summed E-state index contributed by atoms with van der Waals surface area (Å²) < 4.78 is 4.76. The van der Waals surface area contributed by atoms with Crippen LogP contribution in [0.5, 0.6) is 0 Å². The summed E-state index contributed by atoms with van der Waals surface area (Å²) in [5, 5.41) is 0. The van der Waals surface area contributed by atoms with E-state index in [4.69, 9.17) is 4.74 Å². The number of nitrogens with zero attached hydrogens (tertiary/aromatic N) is 1. The molecule has 0 atom stereocenters. The van der Waals surface area contributed by atoms with Gasteiger partial charge in [0.2, 0.25) is 5.78 Å². The zero-order valence-electron chi connectivity index (χ0n) is 12.2. The van der Waals surface area contributed by atoms with E-state index in [-0.39, 0.29) is 18.9 Å². The molecule has 0 aliphatic heterocycles. The lowest BCUT2D eigenvalue weighted by Gasteiger charge is -2.14. The molecule has 5 heteroatoms. The van der Waals surface area contributed by atoms with Crippen LogP contribution in [0.2, 0.25) is 0 Å². The van der Waals surface area contributed by atoms with Gasteiger partial charge in [0.05, 0.1) is 13.0 Å². The maximum absolute atomic E-state index is 11.8. The summed E-state index contributed by atoms with van der Waals surface area (Å²) in [5.41, 5.74) is 0.841. The third kappa shape index (κ3) is 6.03. The third-order valence-electron chi connectivity index (χ3n) is 2.74. The first-order valence-electron chi connectivity index (χ1n) is 6.72. The number of amides is 1. The van der Waals surface area contributed by atoms with Gasteiger partial charge in [-0.2, -0.15) is 0 Å². The maximum atomic E-state index is 11.8. The van der Waals surface area contributed by atoms with Crippen molar-refractivity contribution in [3.05, 3.63) is 42.0 Å². The molecule has 0 saturated heterocycles. The van der Waals surface area contributed by atoms with Gasteiger partial charge in [0.1, 0.15) is 0 Å². The molecule has 21 heavy (non-hydrogen) atoms. The molecule has 0 aliphatic rings. The smallest absolute Gasteiger partial charge is 0.307 e. The van der Waals surface area contributed by atoms with Crippen LogP contribution in [0.4, 0.5) is 0 Å². The molecule has 0 saturated carbocycles. The van der Waals surface area contributed by atoms with E-state index in [9.17, 15) is 14.4 Å². The Kier molecular flexibility index (Phi) is 6.87. The van der Waals surface area contributed by atoms with Crippen LogP contribution in [0.25, 0.3) is 6.08 Å². The number of ether oxygens (including phenoxy) is 1. The summed E-state index contributed by atoms with van der Waals surface area (Å²) in [5.74, 6) is -1.65. The Morgan fingerprint density at radius 1 is 1.19 bits per heavy atom. The number of carbonyl (C=O) groups is 3. The number of benzene rings is 1. The Balaban J connectivity index is 2.48. The molecular weight excluding hydrogens is 270 g/mol. The van der Waals surface area contributed by atoms with Crippen molar-refractivity contribution >= 4 is 23.7 Å². The molecule has 1 rings (SSSR count). The predicted octanol–water partition coefficient (Wildman–Crippen LogP) is 1.68. The molecule has 112 valence electrons. The molecule has 0 N–H and O–H groups in total. The second kappa shape index (κ2) is 8.68. The van der Waals surface area contributed by atoms with Crippen LogP contribution in [0, 0.1) is 0 Å². The van der Waals surface area contributed by atoms with E-state index in [1.54, 1.807) is 13.0 Å². The van der Waals surface area contributed by atoms with Gasteiger partial charge in [0.15, 0.2) is 0 Å². The summed E-state index contributed by atoms with van der Waals surface area (Å²) in [4.78, 5) is 36.0. The third-order valence-corrected chi connectivity index (χ3v) is 2.74. The molecule has 0 aromatic heterocycles. The Hall–Kier alpha value is -2.43. The van der Waals surface area contributed by atoms with Crippen LogP contribution in [0.1, 0.15) is 18.9 Å². The molecule has 0 fully saturated rings. The molecule has 0 aliphatic carbocycles. The largest absolute Gasteiger partial charge is 0.466 e. The van der Waals surface area contributed by atoms with Crippen molar-refractivity contribution in [2.45, 2.75) is 13.3 Å². The van der Waals surface area contributed by atoms with Gasteiger partial charge < -0.3 is 9.64 Å². The Morgan fingerprint density at radius 2 is 1.86 bits per heavy atom. The van der Waals surface area contributed by atoms with Crippen molar-refractivity contribution in [1.29, 1.82) is 0 Å². The Bertz CT molecular complexity index is 522. The number of esters is 1. The van der Waals surface area contributed by atoms with E-state index in [1.807, 2.05) is 30.3 Å². The average Bonchev–Trinajstić information content (AvgIpc) is 2.50. The van der Waals surface area contributed by atoms with E-state index in [0.717, 1.165) is 5.56 Å². The van der Waals surface area contributed by atoms with Crippen molar-refractivity contribution in [2.75, 3.05) is 20.2 Å². The zero-order chi connectivity index (χ0) is 15.7. The lowest BCUT2D eigenvalue weighted by atomic mass is 10.2. The van der Waals surface area contributed by atoms with E-state index < -0.39 is 11.7 Å². The summed E-state index contributed by atoms with van der Waals surface area (Å²) in [6, 6.07) is 9.22. The van der Waals surface area contributed by atoms with Crippen molar-refractivity contribution in [3.63, 3.8) is 0 Å². The number of rotatable bonds is 7. The fourth-order valence-corrected chi connectivity index (χ4v) is 1.59. The standard InChI is InChI=1S/C16H19NO4/c1-3-21-15(19)11-12-17(2)16(20)14(18)10-9-13-7-5-4-6-8-13/h4-10H,3,11-12H2,1-2H3. The number of likely N-dealkylation sites (N-methyl/N-ethyl adjacent to an activating group) is 1. The Morgan fingerprint density at radius 3 is 2.48 bits per heavy atom. The minimum absolute atomic E-state index is 0.0752. The van der Waals surface area contributed by atoms with Crippen LogP contribution >= 0.6 is 0 Å². The summed E-state index contributed by atoms with van der Waals surface area (Å²) in [6.45, 7) is 2.17. The van der Waals surface area contributed by atoms with Crippen molar-refractivity contribution in [2.24, 2.45) is 0 Å². The highest BCUT2D eigenvalue weighted by Gasteiger charge is 2.16. The first kappa shape index (κ1) is 16.6. The summed E-state index contributed by atoms with van der Waals surface area (Å²) >= 11 is 0. The second-order valence-corrected chi connectivity index (χ2v) is 4.39. The lowest BCUT2D eigenvalue weighted by molar-refractivity contribution is -0.145. The number of carbonyl (C=O) groups excluding carboxylic acids is 3. The molecule has 0 bridgehead atoms. The first-order valence-corrected chi connectivity index (χ1v) is 6.72. The van der Waals surface area contributed by atoms with Gasteiger partial charge in [0, 0.05) is 13.6 Å². The second-order valence-electron chi connectivity index (χ2n) is 4.39. The summed E-state index contributed by atoms with van der Waals surface area (Å²) in [6.07, 6.45) is 2.89. The Labute approximate surface area is 124 Å². The van der Waals surface area contributed by atoms with Gasteiger partial charge in [-0.3, -0.25) is 14.4 Å². The normalized spacial score (nSPS) is 10.4. The van der Waals surface area contributed by atoms with Crippen LogP contribution < -0.4 is 0 Å². The van der Waals surface area contributed by atoms with E-state index >= 15 is 0 Å². The van der Waals surface area contributed by atoms with E-state index in [1.165, 1.54) is 18.0 Å². The van der Waals surface area contributed by atoms with Crippen molar-refractivity contribution in [3.8, 4) is 0 Å². The van der Waals surface area contributed by atoms with Gasteiger partial charge in [-0.15, -0.1) is 0 Å². The fourth-order valence-electron chi connectivity index (χ4n) is 1.59. The van der Waals surface area contributed by atoms with Crippen molar-refractivity contribution in [1.82, 2.24) is 4.90 Å². The molecule has 1 amide bonds. The minimum Gasteiger partial charge on any atom is -0.466 e. The maximum Gasteiger partial charge on any atom is 0.307 e. The molecular formula is C16H19NO4. The predicted molar refractivity (Wildman–Crippen MR) is 79.4 cm³/mol. The first-order chi connectivity index (χ1) is 10.0. The van der Waals surface area contributed by atoms with Gasteiger partial charge >= 0.3 is 5.97 Å². The monoisotopic (exact) mass is 289 g/mol. The number of hydrogen-bond acceptors (Lipinski definition) is 4. The number of ketones is 1. The lowest BCUT2D eigenvalue weighted by Crippen LogP contribution is -2.34. The van der Waals surface area contributed by atoms with E-state index in [0.29, 0.717) is 6.61 Å². The van der Waals surface area contributed by atoms with Crippen molar-refractivity contribution < 1.29 is 19.1 Å². The van der Waals surface area contributed by atoms with Gasteiger partial charge in [0.25, 0.3) is 5.91 Å². The molecule has 1 aromatic rings. The van der Waals surface area contributed by atoms with Crippen LogP contribution in [-0.4, -0.2) is 42.8 Å². The van der Waals surface area contributed by atoms with Gasteiger partial charge in [-0.05, 0) is 18.6 Å². The fraction of sp³-hybridized carbons (Fsp3) is 0.312. The van der Waals surface area contributed by atoms with Gasteiger partial charge in [-0.25, -0.2) is 0 Å². The van der Waals surface area contributed by atoms with Crippen LogP contribution in [0.15, 0.2) is 36.4 Å². The molecule has 1 aromatic carbocycles. The molecule has 0 heterocycles. The molecule has 0 spiro atoms. The van der Waals surface area contributed by atoms with Crippen LogP contribution in [0.3, 0.4) is 0 Å². The molecule has 0 unspecified atom stereocenters. The van der Waals surface area contributed by atoms with Gasteiger partial charge in [-0.1, -0.05) is 36.4 Å². The highest BCUT2D eigenvalue weighted by atomic mass is 16.5. The topological polar surface area (TPSA) is 63.7 Å². The van der Waals surface area contributed by atoms with Crippen LogP contribution in [-0.2, 0) is 19.1 Å². The quantitative estimate of drug-likeness (QED) is 0.435. The van der Waals surface area contributed by atoms with E-state index in [2.05, 4.69) is 0 Å². The minimum atomic E-state index is -0.647. The highest BCUT2D eigenvalue weighted by molar-refractivity contribution is 6.41. The highest BCUT2D eigenvalue weighted by Crippen LogP contribution is 2.02. The average molecular weight is 289 g/mol. The zero-order valence-corrected chi connectivity index (χ0v) is 12.2. The molecule has 5 nitrogen and oxygen atoms in total. The molecule has 0 radical (unpaired) electrons.